The number of rotatable bonds is 8. The minimum atomic E-state index is -4.55. The van der Waals surface area contributed by atoms with Crippen molar-refractivity contribution in [2.75, 3.05) is 29.4 Å². The highest BCUT2D eigenvalue weighted by Gasteiger charge is 2.40. The van der Waals surface area contributed by atoms with Crippen LogP contribution in [0, 0.1) is 5.92 Å². The zero-order chi connectivity index (χ0) is 29.3. The van der Waals surface area contributed by atoms with E-state index < -0.39 is 12.0 Å². The zero-order valence-corrected chi connectivity index (χ0v) is 24.7. The fraction of sp³-hybridized carbons (Fsp3) is 0.464. The van der Waals surface area contributed by atoms with Gasteiger partial charge in [-0.1, -0.05) is 43.7 Å². The van der Waals surface area contributed by atoms with Gasteiger partial charge in [-0.25, -0.2) is 4.98 Å². The third kappa shape index (κ3) is 6.05. The third-order valence-electron chi connectivity index (χ3n) is 7.62. The number of hydrogen-bond acceptors (Lipinski definition) is 9. The number of hydrogen-bond donors (Lipinski definition) is 1. The molecule has 2 aliphatic rings. The summed E-state index contributed by atoms with van der Waals surface area (Å²) in [6.07, 6.45) is -1.26. The Morgan fingerprint density at radius 3 is 2.60 bits per heavy atom. The van der Waals surface area contributed by atoms with Gasteiger partial charge in [0.15, 0.2) is 5.82 Å². The molecule has 0 atom stereocenters. The van der Waals surface area contributed by atoms with Crippen LogP contribution in [0.3, 0.4) is 0 Å². The molecule has 1 amide bonds. The van der Waals surface area contributed by atoms with Crippen LogP contribution in [0.25, 0.3) is 10.2 Å². The number of benzene rings is 1. The summed E-state index contributed by atoms with van der Waals surface area (Å²) in [5.74, 6) is 1.27. The van der Waals surface area contributed by atoms with Gasteiger partial charge in [0.25, 0.3) is 0 Å². The maximum Gasteiger partial charge on any atom is 0.451 e. The first kappa shape index (κ1) is 28.7. The van der Waals surface area contributed by atoms with Gasteiger partial charge in [0.2, 0.25) is 17.7 Å². The molecule has 3 aromatic heterocycles. The maximum absolute atomic E-state index is 13.4. The molecule has 42 heavy (non-hydrogen) atoms. The summed E-state index contributed by atoms with van der Waals surface area (Å²) >= 11 is 3.04. The molecule has 9 nitrogen and oxygen atoms in total. The van der Waals surface area contributed by atoms with Crippen molar-refractivity contribution in [3.8, 4) is 0 Å². The number of carbonyl (C=O) groups excluding carboxylic acids is 1. The lowest BCUT2D eigenvalue weighted by atomic mass is 9.96. The van der Waals surface area contributed by atoms with Crippen LogP contribution in [0.4, 0.5) is 24.9 Å². The lowest BCUT2D eigenvalue weighted by Crippen LogP contribution is -2.40. The van der Waals surface area contributed by atoms with Crippen molar-refractivity contribution in [3.05, 3.63) is 58.5 Å². The minimum absolute atomic E-state index is 0.0470. The lowest BCUT2D eigenvalue weighted by molar-refractivity contribution is -0.147. The van der Waals surface area contributed by atoms with Crippen LogP contribution in [-0.4, -0.2) is 50.3 Å². The van der Waals surface area contributed by atoms with E-state index in [0.717, 1.165) is 33.2 Å². The van der Waals surface area contributed by atoms with Crippen molar-refractivity contribution in [1.29, 1.82) is 0 Å². The van der Waals surface area contributed by atoms with Crippen LogP contribution in [0.15, 0.2) is 36.4 Å². The SMILES string of the molecule is CCCc1cc2c(N3CCn4c(nnc4C(F)(F)F)C3)nc(N3CCC(C(=O)NSCc4ccccc4)CC3)nc2s1. The van der Waals surface area contributed by atoms with Crippen molar-refractivity contribution < 1.29 is 18.0 Å². The van der Waals surface area contributed by atoms with Crippen LogP contribution in [0.5, 0.6) is 0 Å². The Labute approximate surface area is 249 Å². The van der Waals surface area contributed by atoms with Gasteiger partial charge in [0, 0.05) is 42.7 Å². The molecule has 5 heterocycles. The topological polar surface area (TPSA) is 92.1 Å². The van der Waals surface area contributed by atoms with E-state index in [-0.39, 0.29) is 30.7 Å². The predicted molar refractivity (Wildman–Crippen MR) is 158 cm³/mol. The number of amides is 1. The van der Waals surface area contributed by atoms with Gasteiger partial charge in [-0.05, 0) is 42.8 Å². The molecular formula is C28H31F3N8OS2. The normalized spacial score (nSPS) is 16.2. The van der Waals surface area contributed by atoms with Crippen molar-refractivity contribution in [3.63, 3.8) is 0 Å². The van der Waals surface area contributed by atoms with Gasteiger partial charge in [0.05, 0.1) is 11.9 Å². The second-order valence-corrected chi connectivity index (χ2v) is 12.4. The average Bonchev–Trinajstić information content (AvgIpc) is 3.61. The molecule has 0 unspecified atom stereocenters. The van der Waals surface area contributed by atoms with E-state index in [9.17, 15) is 18.0 Å². The van der Waals surface area contributed by atoms with E-state index in [1.54, 1.807) is 11.3 Å². The van der Waals surface area contributed by atoms with Crippen molar-refractivity contribution in [1.82, 2.24) is 29.5 Å². The third-order valence-corrected chi connectivity index (χ3v) is 9.53. The van der Waals surface area contributed by atoms with Crippen molar-refractivity contribution in [2.45, 2.75) is 57.6 Å². The van der Waals surface area contributed by atoms with E-state index in [1.165, 1.54) is 16.8 Å². The summed E-state index contributed by atoms with van der Waals surface area (Å²) in [7, 11) is 0. The van der Waals surface area contributed by atoms with Crippen LogP contribution in [0.1, 0.15) is 48.3 Å². The number of halogens is 3. The van der Waals surface area contributed by atoms with Gasteiger partial charge in [-0.3, -0.25) is 9.52 Å². The Hall–Kier alpha value is -3.39. The van der Waals surface area contributed by atoms with Crippen LogP contribution >= 0.6 is 23.3 Å². The molecule has 1 fully saturated rings. The van der Waals surface area contributed by atoms with Gasteiger partial charge >= 0.3 is 6.18 Å². The van der Waals surface area contributed by atoms with E-state index in [2.05, 4.69) is 32.8 Å². The molecule has 1 N–H and O–H groups in total. The number of alkyl halides is 3. The van der Waals surface area contributed by atoms with Gasteiger partial charge in [-0.15, -0.1) is 21.5 Å². The van der Waals surface area contributed by atoms with Crippen LogP contribution < -0.4 is 14.5 Å². The van der Waals surface area contributed by atoms with E-state index in [1.807, 2.05) is 35.2 Å². The zero-order valence-electron chi connectivity index (χ0n) is 23.1. The summed E-state index contributed by atoms with van der Waals surface area (Å²) in [4.78, 5) is 28.8. The first-order chi connectivity index (χ1) is 20.3. The smallest absolute Gasteiger partial charge is 0.347 e. The molecule has 2 aliphatic heterocycles. The van der Waals surface area contributed by atoms with E-state index in [4.69, 9.17) is 9.97 Å². The monoisotopic (exact) mass is 616 g/mol. The summed E-state index contributed by atoms with van der Waals surface area (Å²) in [6.45, 7) is 4.05. The first-order valence-electron chi connectivity index (χ1n) is 14.1. The molecule has 6 rings (SSSR count). The fourth-order valence-corrected chi connectivity index (χ4v) is 7.29. The molecule has 14 heteroatoms. The number of carbonyl (C=O) groups is 1. The Bertz CT molecular complexity index is 1550. The Kier molecular flexibility index (Phi) is 8.26. The molecule has 1 saturated heterocycles. The number of thiophene rings is 1. The summed E-state index contributed by atoms with van der Waals surface area (Å²) < 4.78 is 44.3. The number of piperidine rings is 1. The number of aryl methyl sites for hydroxylation is 1. The van der Waals surface area contributed by atoms with Gasteiger partial charge in [-0.2, -0.15) is 18.2 Å². The van der Waals surface area contributed by atoms with Crippen molar-refractivity contribution >= 4 is 51.2 Å². The quantitative estimate of drug-likeness (QED) is 0.261. The second kappa shape index (κ2) is 12.1. The average molecular weight is 617 g/mol. The maximum atomic E-state index is 13.4. The molecular weight excluding hydrogens is 585 g/mol. The Morgan fingerprint density at radius 2 is 1.86 bits per heavy atom. The number of anilines is 2. The highest BCUT2D eigenvalue weighted by Crippen LogP contribution is 2.36. The highest BCUT2D eigenvalue weighted by atomic mass is 32.2. The predicted octanol–water partition coefficient (Wildman–Crippen LogP) is 5.46. The number of aromatic nitrogens is 5. The van der Waals surface area contributed by atoms with Crippen LogP contribution in [-0.2, 0) is 36.2 Å². The standard InChI is InChI=1S/C28H31F3N8OS2/c1-2-6-20-15-21-23(38-13-14-39-22(16-38)34-35-26(39)28(29,30)31)32-27(33-25(21)42-20)37-11-9-19(10-12-37)24(40)36-41-17-18-7-4-3-5-8-18/h3-5,7-8,15,19H,2,6,9-14,16-17H2,1H3,(H,36,40). The van der Waals surface area contributed by atoms with Gasteiger partial charge < -0.3 is 14.4 Å². The number of fused-ring (bicyclic) bond motifs is 2. The lowest BCUT2D eigenvalue weighted by Gasteiger charge is -2.33. The van der Waals surface area contributed by atoms with E-state index >= 15 is 0 Å². The molecule has 0 aliphatic carbocycles. The molecule has 0 bridgehead atoms. The summed E-state index contributed by atoms with van der Waals surface area (Å²) in [6, 6.07) is 12.1. The summed E-state index contributed by atoms with van der Waals surface area (Å²) in [5, 5.41) is 8.18. The first-order valence-corrected chi connectivity index (χ1v) is 15.9. The van der Waals surface area contributed by atoms with Gasteiger partial charge in [0.1, 0.15) is 10.6 Å². The minimum Gasteiger partial charge on any atom is -0.347 e. The fourth-order valence-electron chi connectivity index (χ4n) is 5.44. The Morgan fingerprint density at radius 1 is 1.07 bits per heavy atom. The molecule has 0 radical (unpaired) electrons. The summed E-state index contributed by atoms with van der Waals surface area (Å²) in [5.41, 5.74) is 1.16. The van der Waals surface area contributed by atoms with Crippen molar-refractivity contribution in [2.24, 2.45) is 5.92 Å². The second-order valence-electron chi connectivity index (χ2n) is 10.5. The number of nitrogens with one attached hydrogen (secondary N) is 1. The molecule has 0 spiro atoms. The molecule has 1 aromatic carbocycles. The van der Waals surface area contributed by atoms with E-state index in [0.29, 0.717) is 50.0 Å². The Balaban J connectivity index is 1.17. The molecule has 0 saturated carbocycles. The number of nitrogens with zero attached hydrogens (tertiary/aromatic N) is 7. The largest absolute Gasteiger partial charge is 0.451 e. The highest BCUT2D eigenvalue weighted by molar-refractivity contribution is 7.97. The molecule has 222 valence electrons. The molecule has 4 aromatic rings. The van der Waals surface area contributed by atoms with Crippen LogP contribution in [0.2, 0.25) is 0 Å².